The summed E-state index contributed by atoms with van der Waals surface area (Å²) in [5, 5.41) is 7.11. The van der Waals surface area contributed by atoms with Gasteiger partial charge in [0.2, 0.25) is 0 Å². The zero-order valence-corrected chi connectivity index (χ0v) is 10.8. The van der Waals surface area contributed by atoms with Gasteiger partial charge in [-0.15, -0.1) is 0 Å². The molecule has 2 amide bonds. The Morgan fingerprint density at radius 3 is 2.63 bits per heavy atom. The van der Waals surface area contributed by atoms with Crippen LogP contribution in [0.25, 0.3) is 0 Å². The molecule has 4 nitrogen and oxygen atoms in total. The molecule has 5 heteroatoms. The average Bonchev–Trinajstić information content (AvgIpc) is 2.40. The van der Waals surface area contributed by atoms with Gasteiger partial charge in [0.05, 0.1) is 6.21 Å². The highest BCUT2D eigenvalue weighted by atomic mass is 35.5. The topological polar surface area (TPSA) is 53.5 Å². The van der Waals surface area contributed by atoms with Crippen LogP contribution in [0.1, 0.15) is 5.56 Å². The minimum Gasteiger partial charge on any atom is -0.307 e. The molecule has 0 atom stereocenters. The van der Waals surface area contributed by atoms with Crippen molar-refractivity contribution in [2.45, 2.75) is 0 Å². The Hall–Kier alpha value is -2.33. The second-order valence-electron chi connectivity index (χ2n) is 3.75. The van der Waals surface area contributed by atoms with E-state index in [2.05, 4.69) is 15.8 Å². The van der Waals surface area contributed by atoms with Gasteiger partial charge in [0.15, 0.2) is 0 Å². The molecule has 0 heterocycles. The highest BCUT2D eigenvalue weighted by Gasteiger charge is 1.98. The van der Waals surface area contributed by atoms with Gasteiger partial charge in [0.1, 0.15) is 0 Å². The summed E-state index contributed by atoms with van der Waals surface area (Å²) in [6, 6.07) is 15.9. The first-order valence-electron chi connectivity index (χ1n) is 5.65. The number of urea groups is 1. The number of amides is 2. The fourth-order valence-electron chi connectivity index (χ4n) is 1.43. The molecular formula is C14H12ClN3O. The molecule has 96 valence electrons. The minimum absolute atomic E-state index is 0.399. The summed E-state index contributed by atoms with van der Waals surface area (Å²) in [7, 11) is 0. The Balaban J connectivity index is 1.87. The van der Waals surface area contributed by atoms with Crippen molar-refractivity contribution >= 4 is 29.5 Å². The normalized spacial score (nSPS) is 10.4. The standard InChI is InChI=1S/C14H12ClN3O/c15-12-6-4-5-11(9-12)10-16-18-14(19)17-13-7-2-1-3-8-13/h1-10H,(H2,17,18,19). The smallest absolute Gasteiger partial charge is 0.307 e. The summed E-state index contributed by atoms with van der Waals surface area (Å²) in [6.45, 7) is 0. The molecule has 0 saturated carbocycles. The van der Waals surface area contributed by atoms with E-state index in [0.29, 0.717) is 10.7 Å². The minimum atomic E-state index is -0.399. The number of hydrazone groups is 1. The van der Waals surface area contributed by atoms with Crippen LogP contribution in [0.3, 0.4) is 0 Å². The molecule has 0 aliphatic carbocycles. The SMILES string of the molecule is O=C(NN=Cc1cccc(Cl)c1)Nc1ccccc1. The third-order valence-electron chi connectivity index (χ3n) is 2.26. The first-order chi connectivity index (χ1) is 9.24. The summed E-state index contributed by atoms with van der Waals surface area (Å²) in [5.74, 6) is 0. The monoisotopic (exact) mass is 273 g/mol. The number of nitrogens with zero attached hydrogens (tertiary/aromatic N) is 1. The number of hydrogen-bond acceptors (Lipinski definition) is 2. The molecule has 19 heavy (non-hydrogen) atoms. The largest absolute Gasteiger partial charge is 0.339 e. The van der Waals surface area contributed by atoms with Crippen molar-refractivity contribution in [1.29, 1.82) is 0 Å². The van der Waals surface area contributed by atoms with E-state index in [1.807, 2.05) is 30.3 Å². The van der Waals surface area contributed by atoms with E-state index >= 15 is 0 Å². The number of carbonyl (C=O) groups is 1. The Bertz CT molecular complexity index is 584. The Labute approximate surface area is 116 Å². The van der Waals surface area contributed by atoms with Crippen molar-refractivity contribution in [3.63, 3.8) is 0 Å². The lowest BCUT2D eigenvalue weighted by molar-refractivity contribution is 0.252. The van der Waals surface area contributed by atoms with E-state index in [1.165, 1.54) is 6.21 Å². The molecule has 2 rings (SSSR count). The van der Waals surface area contributed by atoms with Crippen LogP contribution in [-0.4, -0.2) is 12.2 Å². The van der Waals surface area contributed by atoms with Gasteiger partial charge in [-0.2, -0.15) is 5.10 Å². The quantitative estimate of drug-likeness (QED) is 0.653. The third-order valence-corrected chi connectivity index (χ3v) is 2.50. The van der Waals surface area contributed by atoms with Gasteiger partial charge < -0.3 is 5.32 Å². The van der Waals surface area contributed by atoms with Crippen molar-refractivity contribution < 1.29 is 4.79 Å². The maximum Gasteiger partial charge on any atom is 0.339 e. The molecule has 2 N–H and O–H groups in total. The number of nitrogens with one attached hydrogen (secondary N) is 2. The second kappa shape index (κ2) is 6.56. The van der Waals surface area contributed by atoms with Crippen LogP contribution < -0.4 is 10.7 Å². The first kappa shape index (κ1) is 13.1. The molecule has 2 aromatic carbocycles. The van der Waals surface area contributed by atoms with Gasteiger partial charge in [-0.25, -0.2) is 10.2 Å². The van der Waals surface area contributed by atoms with Crippen molar-refractivity contribution in [2.24, 2.45) is 5.10 Å². The first-order valence-corrected chi connectivity index (χ1v) is 6.02. The van der Waals surface area contributed by atoms with Gasteiger partial charge in [-0.3, -0.25) is 0 Å². The van der Waals surface area contributed by atoms with E-state index in [1.54, 1.807) is 24.3 Å². The molecule has 0 aliphatic rings. The van der Waals surface area contributed by atoms with Crippen molar-refractivity contribution in [3.8, 4) is 0 Å². The average molecular weight is 274 g/mol. The van der Waals surface area contributed by atoms with Crippen LogP contribution in [0.15, 0.2) is 59.7 Å². The Morgan fingerprint density at radius 2 is 1.89 bits per heavy atom. The molecule has 0 aliphatic heterocycles. The van der Waals surface area contributed by atoms with Crippen molar-refractivity contribution in [1.82, 2.24) is 5.43 Å². The third kappa shape index (κ3) is 4.44. The molecule has 0 fully saturated rings. The van der Waals surface area contributed by atoms with E-state index in [4.69, 9.17) is 11.6 Å². The lowest BCUT2D eigenvalue weighted by Gasteiger charge is -2.03. The number of para-hydroxylation sites is 1. The number of benzene rings is 2. The van der Waals surface area contributed by atoms with Crippen LogP contribution in [0, 0.1) is 0 Å². The van der Waals surface area contributed by atoms with Gasteiger partial charge >= 0.3 is 6.03 Å². The molecule has 0 saturated heterocycles. The van der Waals surface area contributed by atoms with E-state index in [9.17, 15) is 4.79 Å². The number of halogens is 1. The van der Waals surface area contributed by atoms with Crippen molar-refractivity contribution in [3.05, 3.63) is 65.2 Å². The number of rotatable bonds is 3. The van der Waals surface area contributed by atoms with Crippen LogP contribution in [0.2, 0.25) is 5.02 Å². The fraction of sp³-hybridized carbons (Fsp3) is 0. The van der Waals surface area contributed by atoms with Gasteiger partial charge in [-0.05, 0) is 29.8 Å². The van der Waals surface area contributed by atoms with E-state index in [0.717, 1.165) is 5.56 Å². The van der Waals surface area contributed by atoms with E-state index in [-0.39, 0.29) is 0 Å². The molecule has 2 aromatic rings. The highest BCUT2D eigenvalue weighted by molar-refractivity contribution is 6.30. The van der Waals surface area contributed by atoms with Crippen LogP contribution in [-0.2, 0) is 0 Å². The lowest BCUT2D eigenvalue weighted by atomic mass is 10.2. The molecule has 0 radical (unpaired) electrons. The molecule has 0 bridgehead atoms. The predicted octanol–water partition coefficient (Wildman–Crippen LogP) is 3.50. The number of hydrogen-bond donors (Lipinski definition) is 2. The summed E-state index contributed by atoms with van der Waals surface area (Å²) in [4.78, 5) is 11.5. The number of carbonyl (C=O) groups excluding carboxylic acids is 1. The molecular weight excluding hydrogens is 262 g/mol. The van der Waals surface area contributed by atoms with Gasteiger partial charge in [0, 0.05) is 10.7 Å². The molecule has 0 spiro atoms. The summed E-state index contributed by atoms with van der Waals surface area (Å²) < 4.78 is 0. The summed E-state index contributed by atoms with van der Waals surface area (Å²) >= 11 is 5.83. The van der Waals surface area contributed by atoms with Crippen LogP contribution in [0.4, 0.5) is 10.5 Å². The van der Waals surface area contributed by atoms with Crippen LogP contribution in [0.5, 0.6) is 0 Å². The molecule has 0 aromatic heterocycles. The maximum absolute atomic E-state index is 11.5. The van der Waals surface area contributed by atoms with E-state index < -0.39 is 6.03 Å². The van der Waals surface area contributed by atoms with Crippen LogP contribution >= 0.6 is 11.6 Å². The molecule has 0 unspecified atom stereocenters. The second-order valence-corrected chi connectivity index (χ2v) is 4.18. The van der Waals surface area contributed by atoms with Gasteiger partial charge in [-0.1, -0.05) is 41.9 Å². The Morgan fingerprint density at radius 1 is 1.11 bits per heavy atom. The zero-order chi connectivity index (χ0) is 13.5. The lowest BCUT2D eigenvalue weighted by Crippen LogP contribution is -2.24. The summed E-state index contributed by atoms with van der Waals surface area (Å²) in [5.41, 5.74) is 3.89. The van der Waals surface area contributed by atoms with Gasteiger partial charge in [0.25, 0.3) is 0 Å². The number of anilines is 1. The summed E-state index contributed by atoms with van der Waals surface area (Å²) in [6.07, 6.45) is 1.52. The predicted molar refractivity (Wildman–Crippen MR) is 77.6 cm³/mol. The van der Waals surface area contributed by atoms with Crippen molar-refractivity contribution in [2.75, 3.05) is 5.32 Å². The fourth-order valence-corrected chi connectivity index (χ4v) is 1.63. The zero-order valence-electron chi connectivity index (χ0n) is 10.0. The Kier molecular flexibility index (Phi) is 4.53. The maximum atomic E-state index is 11.5. The highest BCUT2D eigenvalue weighted by Crippen LogP contribution is 2.08.